The van der Waals surface area contributed by atoms with Crippen molar-refractivity contribution in [1.29, 1.82) is 0 Å². The van der Waals surface area contributed by atoms with Crippen LogP contribution in [-0.2, 0) is 11.2 Å². The molecule has 2 aromatic rings. The van der Waals surface area contributed by atoms with Crippen LogP contribution in [0.25, 0.3) is 0 Å². The van der Waals surface area contributed by atoms with E-state index in [0.717, 1.165) is 5.56 Å². The Balaban J connectivity index is 0.000000235. The molecule has 0 saturated carbocycles. The largest absolute Gasteiger partial charge is 0.481 e. The highest BCUT2D eigenvalue weighted by molar-refractivity contribution is 6.31. The zero-order valence-corrected chi connectivity index (χ0v) is 13.3. The van der Waals surface area contributed by atoms with Crippen LogP contribution in [0.3, 0.4) is 0 Å². The van der Waals surface area contributed by atoms with Crippen molar-refractivity contribution in [3.8, 4) is 0 Å². The summed E-state index contributed by atoms with van der Waals surface area (Å²) in [5, 5.41) is 9.41. The lowest BCUT2D eigenvalue weighted by molar-refractivity contribution is -0.136. The minimum atomic E-state index is -0.916. The molecule has 0 atom stereocenters. The lowest BCUT2D eigenvalue weighted by Crippen LogP contribution is -1.98. The molecule has 0 amide bonds. The van der Waals surface area contributed by atoms with Crippen molar-refractivity contribution < 1.29 is 18.7 Å². The summed E-state index contributed by atoms with van der Waals surface area (Å²) in [6, 6.07) is 8.22. The molecule has 0 spiro atoms. The predicted molar refractivity (Wildman–Crippen MR) is 83.5 cm³/mol. The maximum Gasteiger partial charge on any atom is 0.303 e. The van der Waals surface area contributed by atoms with E-state index in [1.165, 1.54) is 30.3 Å². The van der Waals surface area contributed by atoms with Crippen molar-refractivity contribution in [2.45, 2.75) is 19.8 Å². The van der Waals surface area contributed by atoms with Gasteiger partial charge in [-0.25, -0.2) is 8.78 Å². The Morgan fingerprint density at radius 3 is 2.09 bits per heavy atom. The first-order chi connectivity index (χ1) is 10.3. The monoisotopic (exact) mass is 346 g/mol. The van der Waals surface area contributed by atoms with Gasteiger partial charge in [0.2, 0.25) is 0 Å². The number of carboxylic acid groups (broad SMARTS) is 1. The lowest BCUT2D eigenvalue weighted by atomic mass is 10.1. The summed E-state index contributed by atoms with van der Waals surface area (Å²) in [7, 11) is 0. The van der Waals surface area contributed by atoms with Crippen LogP contribution in [0.5, 0.6) is 0 Å². The van der Waals surface area contributed by atoms with Crippen LogP contribution in [0, 0.1) is 18.6 Å². The van der Waals surface area contributed by atoms with Crippen molar-refractivity contribution in [3.05, 3.63) is 69.2 Å². The van der Waals surface area contributed by atoms with Gasteiger partial charge in [-0.1, -0.05) is 23.2 Å². The molecule has 0 aliphatic rings. The smallest absolute Gasteiger partial charge is 0.303 e. The molecule has 0 aliphatic heterocycles. The van der Waals surface area contributed by atoms with Crippen LogP contribution in [0.4, 0.5) is 8.78 Å². The second-order valence-corrected chi connectivity index (χ2v) is 5.34. The van der Waals surface area contributed by atoms with Gasteiger partial charge in [0.25, 0.3) is 0 Å². The molecule has 1 N–H and O–H groups in total. The van der Waals surface area contributed by atoms with Gasteiger partial charge in [0.15, 0.2) is 0 Å². The fourth-order valence-corrected chi connectivity index (χ4v) is 1.91. The van der Waals surface area contributed by atoms with Gasteiger partial charge in [-0.2, -0.15) is 0 Å². The standard InChI is InChI=1S/C9H8ClFO2.C7H6ClF/c10-8-3-2-7(11)5-6(8)1-4-9(12)13;1-5-4-6(9)2-3-7(5)8/h2-3,5H,1,4H2,(H,12,13);2-4H,1H3. The van der Waals surface area contributed by atoms with Crippen LogP contribution in [0.2, 0.25) is 10.0 Å². The van der Waals surface area contributed by atoms with Gasteiger partial charge >= 0.3 is 5.97 Å². The molecule has 0 bridgehead atoms. The number of hydrogen-bond donors (Lipinski definition) is 1. The predicted octanol–water partition coefficient (Wildman–Crippen LogP) is 5.28. The summed E-state index contributed by atoms with van der Waals surface area (Å²) in [5.74, 6) is -1.55. The zero-order valence-electron chi connectivity index (χ0n) is 11.7. The molecule has 6 heteroatoms. The second-order valence-electron chi connectivity index (χ2n) is 4.52. The van der Waals surface area contributed by atoms with Crippen molar-refractivity contribution in [3.63, 3.8) is 0 Å². The summed E-state index contributed by atoms with van der Waals surface area (Å²) in [6.45, 7) is 1.77. The molecule has 0 heterocycles. The van der Waals surface area contributed by atoms with Crippen molar-refractivity contribution in [2.24, 2.45) is 0 Å². The molecule has 0 radical (unpaired) electrons. The molecule has 2 rings (SSSR count). The Morgan fingerprint density at radius 1 is 1.05 bits per heavy atom. The lowest BCUT2D eigenvalue weighted by Gasteiger charge is -2.01. The molecule has 0 unspecified atom stereocenters. The van der Waals surface area contributed by atoms with E-state index in [4.69, 9.17) is 28.3 Å². The molecule has 0 fully saturated rings. The highest BCUT2D eigenvalue weighted by Crippen LogP contribution is 2.18. The third-order valence-electron chi connectivity index (χ3n) is 2.74. The topological polar surface area (TPSA) is 37.3 Å². The summed E-state index contributed by atoms with van der Waals surface area (Å²) >= 11 is 11.3. The first kappa shape index (κ1) is 18.4. The van der Waals surface area contributed by atoms with Crippen LogP contribution in [-0.4, -0.2) is 11.1 Å². The fourth-order valence-electron chi connectivity index (χ4n) is 1.58. The summed E-state index contributed by atoms with van der Waals surface area (Å²) in [4.78, 5) is 10.2. The SMILES string of the molecule is Cc1cc(F)ccc1Cl.O=C(O)CCc1cc(F)ccc1Cl. The number of benzene rings is 2. The van der Waals surface area contributed by atoms with Gasteiger partial charge in [-0.15, -0.1) is 0 Å². The molecule has 0 saturated heterocycles. The first-order valence-corrected chi connectivity index (χ1v) is 7.12. The number of aliphatic carboxylic acids is 1. The van der Waals surface area contributed by atoms with Crippen molar-refractivity contribution in [2.75, 3.05) is 0 Å². The Kier molecular flexibility index (Phi) is 7.28. The minimum absolute atomic E-state index is 0.0385. The number of hydrogen-bond acceptors (Lipinski definition) is 1. The number of aryl methyl sites for hydroxylation is 2. The van der Waals surface area contributed by atoms with Crippen LogP contribution in [0.1, 0.15) is 17.5 Å². The Hall–Kier alpha value is -1.65. The highest BCUT2D eigenvalue weighted by atomic mass is 35.5. The fraction of sp³-hybridized carbons (Fsp3) is 0.188. The van der Waals surface area contributed by atoms with E-state index in [0.29, 0.717) is 15.6 Å². The molecule has 2 aromatic carbocycles. The van der Waals surface area contributed by atoms with Crippen LogP contribution < -0.4 is 0 Å². The number of carboxylic acids is 1. The van der Waals surface area contributed by atoms with Crippen LogP contribution >= 0.6 is 23.2 Å². The normalized spacial score (nSPS) is 9.86. The molecule has 0 aliphatic carbocycles. The van der Waals surface area contributed by atoms with E-state index in [1.54, 1.807) is 13.0 Å². The number of halogens is 4. The molecule has 2 nitrogen and oxygen atoms in total. The van der Waals surface area contributed by atoms with E-state index >= 15 is 0 Å². The molecular formula is C16H14Cl2F2O2. The quantitative estimate of drug-likeness (QED) is 0.820. The molecular weight excluding hydrogens is 333 g/mol. The van der Waals surface area contributed by atoms with E-state index in [1.807, 2.05) is 0 Å². The Morgan fingerprint density at radius 2 is 1.59 bits per heavy atom. The van der Waals surface area contributed by atoms with Gasteiger partial charge in [-0.3, -0.25) is 4.79 Å². The van der Waals surface area contributed by atoms with Gasteiger partial charge in [0.1, 0.15) is 11.6 Å². The van der Waals surface area contributed by atoms with E-state index in [2.05, 4.69) is 0 Å². The Bertz CT molecular complexity index is 661. The molecule has 0 aromatic heterocycles. The second kappa shape index (κ2) is 8.71. The maximum atomic E-state index is 12.7. The zero-order chi connectivity index (χ0) is 16.7. The first-order valence-electron chi connectivity index (χ1n) is 6.37. The van der Waals surface area contributed by atoms with E-state index < -0.39 is 11.8 Å². The van der Waals surface area contributed by atoms with E-state index in [9.17, 15) is 13.6 Å². The average molecular weight is 347 g/mol. The summed E-state index contributed by atoms with van der Waals surface area (Å²) < 4.78 is 25.0. The number of rotatable bonds is 3. The van der Waals surface area contributed by atoms with Gasteiger partial charge in [0, 0.05) is 16.5 Å². The van der Waals surface area contributed by atoms with Crippen molar-refractivity contribution in [1.82, 2.24) is 0 Å². The number of carbonyl (C=O) groups is 1. The van der Waals surface area contributed by atoms with Gasteiger partial charge in [0.05, 0.1) is 0 Å². The van der Waals surface area contributed by atoms with Crippen molar-refractivity contribution >= 4 is 29.2 Å². The molecule has 118 valence electrons. The van der Waals surface area contributed by atoms with E-state index in [-0.39, 0.29) is 18.7 Å². The van der Waals surface area contributed by atoms with Crippen LogP contribution in [0.15, 0.2) is 36.4 Å². The Labute approximate surface area is 137 Å². The minimum Gasteiger partial charge on any atom is -0.481 e. The summed E-state index contributed by atoms with van der Waals surface area (Å²) in [6.07, 6.45) is 0.217. The third kappa shape index (κ3) is 6.41. The molecule has 22 heavy (non-hydrogen) atoms. The summed E-state index contributed by atoms with van der Waals surface area (Å²) in [5.41, 5.74) is 1.31. The maximum absolute atomic E-state index is 12.7. The third-order valence-corrected chi connectivity index (χ3v) is 3.53. The average Bonchev–Trinajstić information content (AvgIpc) is 2.45. The highest BCUT2D eigenvalue weighted by Gasteiger charge is 2.04. The van der Waals surface area contributed by atoms with Gasteiger partial charge < -0.3 is 5.11 Å². The van der Waals surface area contributed by atoms with Gasteiger partial charge in [-0.05, 0) is 60.9 Å².